The van der Waals surface area contributed by atoms with Crippen molar-refractivity contribution in [3.8, 4) is 23.0 Å². The van der Waals surface area contributed by atoms with Crippen LogP contribution >= 0.6 is 24.2 Å². The molecule has 5 rings (SSSR count). The zero-order valence-electron chi connectivity index (χ0n) is 19.6. The molecule has 0 aromatic heterocycles. The number of phenols is 2. The van der Waals surface area contributed by atoms with Gasteiger partial charge in [-0.15, -0.1) is 24.2 Å². The molecule has 1 fully saturated rings. The van der Waals surface area contributed by atoms with E-state index in [9.17, 15) is 10.2 Å². The van der Waals surface area contributed by atoms with Gasteiger partial charge in [-0.2, -0.15) is 0 Å². The second-order valence-corrected chi connectivity index (χ2v) is 10.2. The average molecular weight is 514 g/mol. The zero-order valence-corrected chi connectivity index (χ0v) is 21.3. The highest BCUT2D eigenvalue weighted by Gasteiger charge is 2.34. The lowest BCUT2D eigenvalue weighted by Crippen LogP contribution is -2.29. The van der Waals surface area contributed by atoms with Crippen LogP contribution in [0.3, 0.4) is 0 Å². The van der Waals surface area contributed by atoms with Crippen molar-refractivity contribution < 1.29 is 19.7 Å². The predicted octanol–water partition coefficient (Wildman–Crippen LogP) is 6.74. The van der Waals surface area contributed by atoms with Crippen molar-refractivity contribution >= 4 is 24.2 Å². The van der Waals surface area contributed by atoms with Gasteiger partial charge in [0.15, 0.2) is 0 Å². The van der Waals surface area contributed by atoms with Gasteiger partial charge in [0.05, 0.1) is 10.1 Å². The number of rotatable bonds is 6. The number of nitrogens with zero attached hydrogens (tertiary/aromatic N) is 1. The van der Waals surface area contributed by atoms with Crippen LogP contribution < -0.4 is 9.47 Å². The van der Waals surface area contributed by atoms with E-state index in [0.29, 0.717) is 6.61 Å². The Morgan fingerprint density at radius 1 is 0.857 bits per heavy atom. The summed E-state index contributed by atoms with van der Waals surface area (Å²) in [6.45, 7) is 4.01. The molecule has 3 aromatic rings. The van der Waals surface area contributed by atoms with Gasteiger partial charge in [0.1, 0.15) is 35.7 Å². The van der Waals surface area contributed by atoms with Gasteiger partial charge < -0.3 is 19.7 Å². The van der Waals surface area contributed by atoms with Crippen molar-refractivity contribution in [3.63, 3.8) is 0 Å². The minimum atomic E-state index is -0.241. The van der Waals surface area contributed by atoms with Gasteiger partial charge in [-0.25, -0.2) is 0 Å². The van der Waals surface area contributed by atoms with E-state index >= 15 is 0 Å². The molecule has 1 saturated heterocycles. The minimum Gasteiger partial charge on any atom is -0.508 e. The number of ether oxygens (including phenoxy) is 2. The van der Waals surface area contributed by atoms with Crippen LogP contribution in [0.2, 0.25) is 0 Å². The summed E-state index contributed by atoms with van der Waals surface area (Å²) in [4.78, 5) is 3.39. The number of hydrogen-bond acceptors (Lipinski definition) is 6. The Labute approximate surface area is 217 Å². The number of likely N-dealkylation sites (tertiary alicyclic amines) is 1. The fourth-order valence-corrected chi connectivity index (χ4v) is 5.99. The van der Waals surface area contributed by atoms with Crippen molar-refractivity contribution in [2.24, 2.45) is 0 Å². The second kappa shape index (κ2) is 11.9. The maximum Gasteiger partial charge on any atom is 0.140 e. The van der Waals surface area contributed by atoms with Crippen LogP contribution in [0.4, 0.5) is 0 Å². The molecule has 0 saturated carbocycles. The Kier molecular flexibility index (Phi) is 8.71. The van der Waals surface area contributed by atoms with Crippen LogP contribution in [0.25, 0.3) is 0 Å². The third-order valence-electron chi connectivity index (χ3n) is 6.49. The van der Waals surface area contributed by atoms with Crippen molar-refractivity contribution in [1.29, 1.82) is 0 Å². The second-order valence-electron chi connectivity index (χ2n) is 8.98. The van der Waals surface area contributed by atoms with Gasteiger partial charge in [0.25, 0.3) is 0 Å². The monoisotopic (exact) mass is 513 g/mol. The van der Waals surface area contributed by atoms with Gasteiger partial charge >= 0.3 is 0 Å². The first-order chi connectivity index (χ1) is 16.7. The Hall–Kier alpha value is -2.54. The van der Waals surface area contributed by atoms with E-state index in [2.05, 4.69) is 17.0 Å². The number of fused-ring (bicyclic) bond motifs is 1. The molecule has 2 heterocycles. The minimum absolute atomic E-state index is 0. The lowest BCUT2D eigenvalue weighted by molar-refractivity contribution is 0.190. The molecular weight excluding hydrogens is 482 g/mol. The summed E-state index contributed by atoms with van der Waals surface area (Å²) in [5.74, 6) is 2.06. The summed E-state index contributed by atoms with van der Waals surface area (Å²) in [7, 11) is 0. The summed E-state index contributed by atoms with van der Waals surface area (Å²) in [6, 6.07) is 20.6. The highest BCUT2D eigenvalue weighted by molar-refractivity contribution is 7.99. The van der Waals surface area contributed by atoms with Crippen molar-refractivity contribution in [1.82, 2.24) is 4.90 Å². The quantitative estimate of drug-likeness (QED) is 0.380. The standard InChI is InChI=1S/C28H31NO4S.ClH/c30-22-7-5-6-21(18-22)28-27(33-25-13-10-23(31)19-26(25)34-28)20-8-11-24(12-9-20)32-17-16-29-14-3-1-2-4-15-29;/h5-13,18-19,27-28,30-31H,1-4,14-17H2;1H/t27-,28+;/m0./s1. The fourth-order valence-electron chi connectivity index (χ4n) is 4.68. The van der Waals surface area contributed by atoms with E-state index in [1.165, 1.54) is 38.8 Å². The molecule has 0 bridgehead atoms. The maximum atomic E-state index is 10.1. The number of thioether (sulfide) groups is 1. The van der Waals surface area contributed by atoms with Gasteiger partial charge in [-0.1, -0.05) is 37.1 Å². The highest BCUT2D eigenvalue weighted by atomic mass is 35.5. The van der Waals surface area contributed by atoms with Crippen molar-refractivity contribution in [2.45, 2.75) is 41.9 Å². The number of phenolic OH excluding ortho intramolecular Hbond substituents is 2. The van der Waals surface area contributed by atoms with Crippen LogP contribution in [0.1, 0.15) is 48.2 Å². The van der Waals surface area contributed by atoms with E-state index in [1.807, 2.05) is 30.3 Å². The lowest BCUT2D eigenvalue weighted by Gasteiger charge is -2.34. The number of benzene rings is 3. The average Bonchev–Trinajstić information content (AvgIpc) is 3.13. The van der Waals surface area contributed by atoms with E-state index < -0.39 is 0 Å². The molecule has 5 nitrogen and oxygen atoms in total. The van der Waals surface area contributed by atoms with Crippen LogP contribution in [0.5, 0.6) is 23.0 Å². The molecule has 2 atom stereocenters. The predicted molar refractivity (Wildman–Crippen MR) is 142 cm³/mol. The summed E-state index contributed by atoms with van der Waals surface area (Å²) < 4.78 is 12.5. The molecule has 0 aliphatic carbocycles. The first-order valence-corrected chi connectivity index (χ1v) is 12.9. The topological polar surface area (TPSA) is 62.2 Å². The molecule has 2 aliphatic rings. The van der Waals surface area contributed by atoms with Crippen LogP contribution in [-0.2, 0) is 0 Å². The molecule has 186 valence electrons. The van der Waals surface area contributed by atoms with Gasteiger partial charge in [0, 0.05) is 6.54 Å². The maximum absolute atomic E-state index is 10.1. The summed E-state index contributed by atoms with van der Waals surface area (Å²) in [5, 5.41) is 19.9. The number of hydrogen-bond donors (Lipinski definition) is 2. The molecule has 0 radical (unpaired) electrons. The summed E-state index contributed by atoms with van der Waals surface area (Å²) >= 11 is 1.64. The third-order valence-corrected chi connectivity index (χ3v) is 7.84. The van der Waals surface area contributed by atoms with E-state index in [0.717, 1.165) is 34.1 Å². The molecule has 2 N–H and O–H groups in total. The third kappa shape index (κ3) is 6.37. The Morgan fingerprint density at radius 2 is 1.60 bits per heavy atom. The highest BCUT2D eigenvalue weighted by Crippen LogP contribution is 2.54. The van der Waals surface area contributed by atoms with Crippen molar-refractivity contribution in [2.75, 3.05) is 26.2 Å². The molecule has 3 aromatic carbocycles. The van der Waals surface area contributed by atoms with Gasteiger partial charge in [0.2, 0.25) is 0 Å². The van der Waals surface area contributed by atoms with Crippen molar-refractivity contribution in [3.05, 3.63) is 77.9 Å². The van der Waals surface area contributed by atoms with Crippen LogP contribution in [0, 0.1) is 0 Å². The molecule has 0 amide bonds. The van der Waals surface area contributed by atoms with E-state index in [1.54, 1.807) is 36.0 Å². The van der Waals surface area contributed by atoms with E-state index in [4.69, 9.17) is 9.47 Å². The van der Waals surface area contributed by atoms with E-state index in [-0.39, 0.29) is 35.3 Å². The molecule has 2 aliphatic heterocycles. The number of aromatic hydroxyl groups is 2. The largest absolute Gasteiger partial charge is 0.508 e. The van der Waals surface area contributed by atoms with Crippen LogP contribution in [0.15, 0.2) is 71.6 Å². The first-order valence-electron chi connectivity index (χ1n) is 12.1. The van der Waals surface area contributed by atoms with Crippen LogP contribution in [-0.4, -0.2) is 41.4 Å². The molecule has 0 spiro atoms. The summed E-state index contributed by atoms with van der Waals surface area (Å²) in [6.07, 6.45) is 5.02. The first kappa shape index (κ1) is 25.5. The Bertz CT molecular complexity index is 1100. The zero-order chi connectivity index (χ0) is 23.3. The molecular formula is C28H32ClNO4S. The molecule has 7 heteroatoms. The fraction of sp³-hybridized carbons (Fsp3) is 0.357. The Balaban J connectivity index is 0.00000289. The summed E-state index contributed by atoms with van der Waals surface area (Å²) in [5.41, 5.74) is 2.02. The number of halogens is 1. The lowest BCUT2D eigenvalue weighted by atomic mass is 10.00. The SMILES string of the molecule is Cl.Oc1cccc([C@H]2Sc3cc(O)ccc3O[C@H]2c2ccc(OCCN3CCCCCC3)cc2)c1. The Morgan fingerprint density at radius 3 is 2.34 bits per heavy atom. The normalized spacial score (nSPS) is 20.1. The smallest absolute Gasteiger partial charge is 0.140 e. The van der Waals surface area contributed by atoms with Gasteiger partial charge in [-0.3, -0.25) is 4.90 Å². The van der Waals surface area contributed by atoms with Gasteiger partial charge in [-0.05, 0) is 79.5 Å². The molecule has 35 heavy (non-hydrogen) atoms. The molecule has 0 unspecified atom stereocenters.